The van der Waals surface area contributed by atoms with Crippen LogP contribution >= 0.6 is 11.3 Å². The molecule has 0 spiro atoms. The number of fused-ring (bicyclic) bond motifs is 1. The largest absolute Gasteiger partial charge is 0.507 e. The summed E-state index contributed by atoms with van der Waals surface area (Å²) in [6, 6.07) is 16.6. The lowest BCUT2D eigenvalue weighted by molar-refractivity contribution is -1.02. The van der Waals surface area contributed by atoms with E-state index in [4.69, 9.17) is 4.99 Å². The molecule has 1 aliphatic heterocycles. The van der Waals surface area contributed by atoms with Gasteiger partial charge in [-0.05, 0) is 28.3 Å². The van der Waals surface area contributed by atoms with Crippen molar-refractivity contribution >= 4 is 28.3 Å². The molecule has 4 nitrogen and oxygen atoms in total. The fourth-order valence-electron chi connectivity index (χ4n) is 3.93. The molecule has 1 fully saturated rings. The number of hydrogen-bond acceptors (Lipinski definition) is 3. The number of aromatic hydroxyl groups is 1. The van der Waals surface area contributed by atoms with Crippen molar-refractivity contribution in [3.63, 3.8) is 0 Å². The Morgan fingerprint density at radius 3 is 2.67 bits per heavy atom. The SMILES string of the molecule is C[NH+]1CC[NH+]([C@@H](CN=Cc2c(O)ccc3ccccc23)c2cccs2)CC1. The van der Waals surface area contributed by atoms with Gasteiger partial charge in [0.05, 0.1) is 18.5 Å². The molecule has 5 heteroatoms. The average Bonchev–Trinajstić information content (AvgIpc) is 3.22. The number of rotatable bonds is 5. The number of aliphatic imine (C=N–C) groups is 1. The molecule has 0 amide bonds. The molecule has 4 rings (SSSR count). The van der Waals surface area contributed by atoms with Crippen LogP contribution in [0.4, 0.5) is 0 Å². The van der Waals surface area contributed by atoms with Gasteiger partial charge in [0, 0.05) is 11.8 Å². The van der Waals surface area contributed by atoms with Crippen LogP contribution in [-0.2, 0) is 0 Å². The van der Waals surface area contributed by atoms with Crippen molar-refractivity contribution in [2.45, 2.75) is 6.04 Å². The van der Waals surface area contributed by atoms with Gasteiger partial charge in [0.25, 0.3) is 0 Å². The monoisotopic (exact) mass is 381 g/mol. The zero-order valence-electron chi connectivity index (χ0n) is 15.7. The van der Waals surface area contributed by atoms with E-state index in [9.17, 15) is 5.11 Å². The first kappa shape index (κ1) is 18.2. The molecule has 0 radical (unpaired) electrons. The molecule has 3 aromatic rings. The third kappa shape index (κ3) is 4.05. The molecule has 27 heavy (non-hydrogen) atoms. The molecule has 0 aliphatic carbocycles. The number of benzene rings is 2. The fourth-order valence-corrected chi connectivity index (χ4v) is 4.80. The molecule has 0 bridgehead atoms. The minimum absolute atomic E-state index is 0.292. The van der Waals surface area contributed by atoms with E-state index in [-0.39, 0.29) is 0 Å². The number of nitrogens with zero attached hydrogens (tertiary/aromatic N) is 1. The molecule has 1 atom stereocenters. The number of phenolic OH excluding ortho intramolecular Hbond substituents is 1. The van der Waals surface area contributed by atoms with E-state index in [0.717, 1.165) is 22.9 Å². The summed E-state index contributed by atoms with van der Waals surface area (Å²) in [6.45, 7) is 5.54. The maximum absolute atomic E-state index is 10.3. The Hall–Kier alpha value is -2.21. The lowest BCUT2D eigenvalue weighted by atomic mass is 10.0. The molecular weight excluding hydrogens is 354 g/mol. The zero-order chi connectivity index (χ0) is 18.6. The predicted octanol–water partition coefficient (Wildman–Crippen LogP) is 1.18. The highest BCUT2D eigenvalue weighted by atomic mass is 32.1. The Bertz CT molecular complexity index is 914. The van der Waals surface area contributed by atoms with Crippen LogP contribution in [0.5, 0.6) is 5.75 Å². The second-order valence-corrected chi connectivity index (χ2v) is 8.38. The average molecular weight is 382 g/mol. The molecule has 3 N–H and O–H groups in total. The van der Waals surface area contributed by atoms with Crippen molar-refractivity contribution in [1.29, 1.82) is 0 Å². The maximum Gasteiger partial charge on any atom is 0.142 e. The Kier molecular flexibility index (Phi) is 5.53. The lowest BCUT2D eigenvalue weighted by Crippen LogP contribution is -3.27. The highest BCUT2D eigenvalue weighted by Crippen LogP contribution is 2.25. The lowest BCUT2D eigenvalue weighted by Gasteiger charge is -2.32. The van der Waals surface area contributed by atoms with Gasteiger partial charge in [-0.25, -0.2) is 0 Å². The van der Waals surface area contributed by atoms with Crippen LogP contribution in [0, 0.1) is 0 Å². The Labute approximate surface area is 164 Å². The number of piperazine rings is 1. The minimum atomic E-state index is 0.292. The molecular formula is C22H27N3OS+2. The molecule has 0 saturated carbocycles. The molecule has 1 aromatic heterocycles. The number of hydrogen-bond donors (Lipinski definition) is 3. The van der Waals surface area contributed by atoms with Crippen LogP contribution in [0.15, 0.2) is 58.9 Å². The summed E-state index contributed by atoms with van der Waals surface area (Å²) < 4.78 is 0. The van der Waals surface area contributed by atoms with Crippen LogP contribution in [-0.4, -0.2) is 51.1 Å². The van der Waals surface area contributed by atoms with Crippen molar-refractivity contribution in [2.24, 2.45) is 4.99 Å². The van der Waals surface area contributed by atoms with Crippen LogP contribution in [0.2, 0.25) is 0 Å². The molecule has 1 aliphatic rings. The van der Waals surface area contributed by atoms with E-state index in [1.807, 2.05) is 41.8 Å². The van der Waals surface area contributed by atoms with Crippen molar-refractivity contribution in [3.8, 4) is 5.75 Å². The Morgan fingerprint density at radius 2 is 1.89 bits per heavy atom. The summed E-state index contributed by atoms with van der Waals surface area (Å²) in [6.07, 6.45) is 1.86. The van der Waals surface area contributed by atoms with Gasteiger partial charge >= 0.3 is 0 Å². The van der Waals surface area contributed by atoms with Gasteiger partial charge in [0.2, 0.25) is 0 Å². The van der Waals surface area contributed by atoms with Gasteiger partial charge in [0.15, 0.2) is 0 Å². The van der Waals surface area contributed by atoms with Gasteiger partial charge < -0.3 is 14.9 Å². The number of phenols is 1. The summed E-state index contributed by atoms with van der Waals surface area (Å²) in [5, 5.41) is 14.7. The predicted molar refractivity (Wildman–Crippen MR) is 112 cm³/mol. The molecule has 0 unspecified atom stereocenters. The van der Waals surface area contributed by atoms with Crippen molar-refractivity contribution in [3.05, 3.63) is 64.4 Å². The molecule has 2 heterocycles. The van der Waals surface area contributed by atoms with Crippen LogP contribution in [0.1, 0.15) is 16.5 Å². The number of thiophene rings is 1. The first-order valence-electron chi connectivity index (χ1n) is 9.62. The number of likely N-dealkylation sites (N-methyl/N-ethyl adjacent to an activating group) is 1. The Morgan fingerprint density at radius 1 is 1.07 bits per heavy atom. The highest BCUT2D eigenvalue weighted by Gasteiger charge is 2.29. The van der Waals surface area contributed by atoms with Crippen LogP contribution in [0.3, 0.4) is 0 Å². The summed E-state index contributed by atoms with van der Waals surface area (Å²) >= 11 is 1.83. The molecule has 140 valence electrons. The maximum atomic E-state index is 10.3. The normalized spacial score (nSPS) is 21.7. The van der Waals surface area contributed by atoms with Crippen LogP contribution < -0.4 is 9.80 Å². The third-order valence-electron chi connectivity index (χ3n) is 5.58. The topological polar surface area (TPSA) is 41.5 Å². The van der Waals surface area contributed by atoms with E-state index >= 15 is 0 Å². The first-order chi connectivity index (χ1) is 13.2. The number of nitrogens with one attached hydrogen (secondary N) is 2. The fraction of sp³-hybridized carbons (Fsp3) is 0.318. The second-order valence-electron chi connectivity index (χ2n) is 7.40. The third-order valence-corrected chi connectivity index (χ3v) is 6.57. The summed E-state index contributed by atoms with van der Waals surface area (Å²) in [7, 11) is 2.28. The first-order valence-corrected chi connectivity index (χ1v) is 10.5. The summed E-state index contributed by atoms with van der Waals surface area (Å²) in [4.78, 5) is 9.45. The van der Waals surface area contributed by atoms with Crippen molar-refractivity contribution in [2.75, 3.05) is 39.8 Å². The van der Waals surface area contributed by atoms with E-state index in [1.165, 1.54) is 31.1 Å². The van der Waals surface area contributed by atoms with Crippen molar-refractivity contribution < 1.29 is 14.9 Å². The van der Waals surface area contributed by atoms with Gasteiger partial charge in [-0.15, -0.1) is 11.3 Å². The zero-order valence-corrected chi connectivity index (χ0v) is 16.5. The van der Waals surface area contributed by atoms with Gasteiger partial charge in [0.1, 0.15) is 38.0 Å². The highest BCUT2D eigenvalue weighted by molar-refractivity contribution is 7.10. The second kappa shape index (κ2) is 8.21. The standard InChI is InChI=1S/C22H25N3OS/c1-24-10-12-25(13-11-24)20(22-7-4-14-27-22)16-23-15-19-18-6-3-2-5-17(18)8-9-21(19)26/h2-9,14-15,20,26H,10-13,16H2,1H3/p+2/t20-/m0/s1. The quantitative estimate of drug-likeness (QED) is 0.571. The Balaban J connectivity index is 1.57. The molecule has 2 aromatic carbocycles. The van der Waals surface area contributed by atoms with Gasteiger partial charge in [-0.3, -0.25) is 4.99 Å². The van der Waals surface area contributed by atoms with Crippen molar-refractivity contribution in [1.82, 2.24) is 0 Å². The minimum Gasteiger partial charge on any atom is -0.507 e. The van der Waals surface area contributed by atoms with Crippen LogP contribution in [0.25, 0.3) is 10.8 Å². The van der Waals surface area contributed by atoms with E-state index < -0.39 is 0 Å². The smallest absolute Gasteiger partial charge is 0.142 e. The number of quaternary nitrogens is 2. The van der Waals surface area contributed by atoms with E-state index in [1.54, 1.807) is 15.9 Å². The van der Waals surface area contributed by atoms with E-state index in [0.29, 0.717) is 11.8 Å². The van der Waals surface area contributed by atoms with Gasteiger partial charge in [-0.1, -0.05) is 36.4 Å². The summed E-state index contributed by atoms with van der Waals surface area (Å²) in [5.74, 6) is 0.292. The summed E-state index contributed by atoms with van der Waals surface area (Å²) in [5.41, 5.74) is 0.816. The molecule has 1 saturated heterocycles. The van der Waals surface area contributed by atoms with Gasteiger partial charge in [-0.2, -0.15) is 0 Å². The van der Waals surface area contributed by atoms with E-state index in [2.05, 4.69) is 30.6 Å².